The van der Waals surface area contributed by atoms with E-state index in [4.69, 9.17) is 9.47 Å². The van der Waals surface area contributed by atoms with Gasteiger partial charge in [0.15, 0.2) is 4.80 Å². The monoisotopic (exact) mass is 515 g/mol. The number of hydrogen-bond donors (Lipinski definition) is 0. The van der Waals surface area contributed by atoms with E-state index < -0.39 is 17.6 Å². The summed E-state index contributed by atoms with van der Waals surface area (Å²) in [6.07, 6.45) is 1.65. The molecule has 2 aliphatic heterocycles. The standard InChI is InChI=1S/C28H25N3O5S/c1-5-15-30-19-13-9-7-11-17(19)22(25(30)32)24-26(33)31-23(18-12-8-10-14-20(18)35-4)21(27(34)36-6-2)16(3)29-28(31)37-24/h5,7-14,23H,1,6,15H2,2-4H3. The number of para-hydroxylation sites is 2. The van der Waals surface area contributed by atoms with Gasteiger partial charge in [-0.25, -0.2) is 9.79 Å². The minimum absolute atomic E-state index is 0.174. The highest BCUT2D eigenvalue weighted by atomic mass is 32.1. The quantitative estimate of drug-likeness (QED) is 0.372. The molecule has 0 spiro atoms. The molecule has 5 rings (SSSR count). The highest BCUT2D eigenvalue weighted by molar-refractivity contribution is 7.07. The number of thiazole rings is 1. The molecule has 1 amide bonds. The van der Waals surface area contributed by atoms with E-state index in [1.807, 2.05) is 42.5 Å². The van der Waals surface area contributed by atoms with Crippen LogP contribution in [-0.4, -0.2) is 36.7 Å². The molecule has 0 bridgehead atoms. The van der Waals surface area contributed by atoms with Gasteiger partial charge in [-0.3, -0.25) is 14.2 Å². The summed E-state index contributed by atoms with van der Waals surface area (Å²) in [6, 6.07) is 13.7. The number of rotatable bonds is 6. The Kier molecular flexibility index (Phi) is 6.39. The SMILES string of the molecule is C=CCN1C(=O)C(=c2sc3n(c2=O)C(c2ccccc2OC)C(C(=O)OCC)=C(C)N=3)c2ccccc21. The summed E-state index contributed by atoms with van der Waals surface area (Å²) in [4.78, 5) is 47.4. The van der Waals surface area contributed by atoms with Crippen molar-refractivity contribution in [2.75, 3.05) is 25.2 Å². The lowest BCUT2D eigenvalue weighted by molar-refractivity contribution is -0.139. The Labute approximate surface area is 217 Å². The van der Waals surface area contributed by atoms with E-state index in [1.54, 1.807) is 30.9 Å². The lowest BCUT2D eigenvalue weighted by atomic mass is 9.95. The number of amides is 1. The molecule has 2 aromatic carbocycles. The summed E-state index contributed by atoms with van der Waals surface area (Å²) in [5.74, 6) is -0.319. The molecule has 3 heterocycles. The third kappa shape index (κ3) is 3.82. The number of hydrogen-bond acceptors (Lipinski definition) is 7. The van der Waals surface area contributed by atoms with Crippen molar-refractivity contribution >= 4 is 34.5 Å². The van der Waals surface area contributed by atoms with Gasteiger partial charge in [-0.2, -0.15) is 0 Å². The molecule has 0 fully saturated rings. The Morgan fingerprint density at radius 2 is 1.89 bits per heavy atom. The first-order valence-corrected chi connectivity index (χ1v) is 12.6. The number of allylic oxidation sites excluding steroid dienone is 1. The molecule has 0 aliphatic carbocycles. The number of anilines is 1. The average molecular weight is 516 g/mol. The molecule has 3 aromatic rings. The van der Waals surface area contributed by atoms with Crippen LogP contribution in [0.3, 0.4) is 0 Å². The zero-order valence-corrected chi connectivity index (χ0v) is 21.5. The second-order valence-corrected chi connectivity index (χ2v) is 9.44. The number of fused-ring (bicyclic) bond motifs is 2. The van der Waals surface area contributed by atoms with Crippen molar-refractivity contribution in [2.45, 2.75) is 19.9 Å². The smallest absolute Gasteiger partial charge is 0.338 e. The van der Waals surface area contributed by atoms with Crippen LogP contribution in [-0.2, 0) is 14.3 Å². The first-order valence-electron chi connectivity index (χ1n) is 11.8. The topological polar surface area (TPSA) is 90.2 Å². The maximum Gasteiger partial charge on any atom is 0.338 e. The van der Waals surface area contributed by atoms with Crippen LogP contribution in [0.15, 0.2) is 82.2 Å². The normalized spacial score (nSPS) is 17.8. The molecule has 2 aliphatic rings. The Balaban J connectivity index is 1.84. The van der Waals surface area contributed by atoms with Crippen LogP contribution in [0.4, 0.5) is 5.69 Å². The number of nitrogens with zero attached hydrogens (tertiary/aromatic N) is 3. The van der Waals surface area contributed by atoms with Crippen LogP contribution in [0, 0.1) is 0 Å². The molecule has 0 saturated heterocycles. The average Bonchev–Trinajstić information content (AvgIpc) is 3.36. The Morgan fingerprint density at radius 1 is 1.16 bits per heavy atom. The molecule has 9 heteroatoms. The predicted molar refractivity (Wildman–Crippen MR) is 141 cm³/mol. The van der Waals surface area contributed by atoms with Crippen molar-refractivity contribution < 1.29 is 19.1 Å². The summed E-state index contributed by atoms with van der Waals surface area (Å²) < 4.78 is 12.7. The molecule has 0 N–H and O–H groups in total. The molecule has 0 saturated carbocycles. The second kappa shape index (κ2) is 9.67. The zero-order chi connectivity index (χ0) is 26.3. The summed E-state index contributed by atoms with van der Waals surface area (Å²) in [7, 11) is 1.54. The van der Waals surface area contributed by atoms with Crippen LogP contribution < -0.4 is 24.5 Å². The van der Waals surface area contributed by atoms with Gasteiger partial charge in [0.05, 0.1) is 36.2 Å². The lowest BCUT2D eigenvalue weighted by Crippen LogP contribution is -2.41. The van der Waals surface area contributed by atoms with Crippen LogP contribution in [0.25, 0.3) is 5.57 Å². The number of carbonyl (C=O) groups is 2. The number of benzene rings is 2. The zero-order valence-electron chi connectivity index (χ0n) is 20.7. The summed E-state index contributed by atoms with van der Waals surface area (Å²) in [6.45, 7) is 7.69. The second-order valence-electron chi connectivity index (χ2n) is 8.46. The van der Waals surface area contributed by atoms with E-state index in [-0.39, 0.29) is 22.6 Å². The van der Waals surface area contributed by atoms with Gasteiger partial charge >= 0.3 is 5.97 Å². The minimum Gasteiger partial charge on any atom is -0.496 e. The first kappa shape index (κ1) is 24.5. The molecule has 0 radical (unpaired) electrons. The van der Waals surface area contributed by atoms with Crippen LogP contribution >= 0.6 is 11.3 Å². The largest absolute Gasteiger partial charge is 0.496 e. The number of aromatic nitrogens is 1. The van der Waals surface area contributed by atoms with Gasteiger partial charge in [-0.05, 0) is 26.0 Å². The van der Waals surface area contributed by atoms with E-state index in [9.17, 15) is 14.4 Å². The Hall–Kier alpha value is -4.24. The third-order valence-electron chi connectivity index (χ3n) is 6.39. The molecule has 8 nitrogen and oxygen atoms in total. The van der Waals surface area contributed by atoms with Gasteiger partial charge in [-0.15, -0.1) is 6.58 Å². The van der Waals surface area contributed by atoms with Crippen molar-refractivity contribution in [1.82, 2.24) is 4.57 Å². The van der Waals surface area contributed by atoms with Gasteiger partial charge in [0.25, 0.3) is 11.5 Å². The molecule has 37 heavy (non-hydrogen) atoms. The van der Waals surface area contributed by atoms with Gasteiger partial charge in [-0.1, -0.05) is 53.8 Å². The van der Waals surface area contributed by atoms with E-state index in [2.05, 4.69) is 11.6 Å². The molecule has 188 valence electrons. The van der Waals surface area contributed by atoms with Crippen LogP contribution in [0.2, 0.25) is 0 Å². The number of ether oxygens (including phenoxy) is 2. The van der Waals surface area contributed by atoms with Crippen molar-refractivity contribution in [3.8, 4) is 5.75 Å². The predicted octanol–water partition coefficient (Wildman–Crippen LogP) is 2.71. The van der Waals surface area contributed by atoms with Crippen molar-refractivity contribution in [3.05, 3.63) is 103 Å². The van der Waals surface area contributed by atoms with E-state index in [0.717, 1.165) is 17.0 Å². The van der Waals surface area contributed by atoms with E-state index in [0.29, 0.717) is 39.5 Å². The number of esters is 1. The van der Waals surface area contributed by atoms with Crippen LogP contribution in [0.5, 0.6) is 5.75 Å². The van der Waals surface area contributed by atoms with Gasteiger partial charge in [0.1, 0.15) is 16.3 Å². The Morgan fingerprint density at radius 3 is 2.62 bits per heavy atom. The number of carbonyl (C=O) groups excluding carboxylic acids is 2. The fourth-order valence-electron chi connectivity index (χ4n) is 4.84. The molecule has 1 unspecified atom stereocenters. The van der Waals surface area contributed by atoms with Gasteiger partial charge < -0.3 is 14.4 Å². The maximum absolute atomic E-state index is 14.1. The lowest BCUT2D eigenvalue weighted by Gasteiger charge is -2.25. The molecule has 1 atom stereocenters. The summed E-state index contributed by atoms with van der Waals surface area (Å²) in [5.41, 5.74) is 2.62. The number of methoxy groups -OCH3 is 1. The van der Waals surface area contributed by atoms with Crippen LogP contribution in [0.1, 0.15) is 31.0 Å². The fourth-order valence-corrected chi connectivity index (χ4v) is 5.98. The summed E-state index contributed by atoms with van der Waals surface area (Å²) >= 11 is 1.14. The molecular formula is C28H25N3O5S. The third-order valence-corrected chi connectivity index (χ3v) is 7.44. The van der Waals surface area contributed by atoms with Gasteiger partial charge in [0, 0.05) is 17.7 Å². The van der Waals surface area contributed by atoms with Gasteiger partial charge in [0.2, 0.25) is 0 Å². The minimum atomic E-state index is -0.836. The highest BCUT2D eigenvalue weighted by Crippen LogP contribution is 2.37. The highest BCUT2D eigenvalue weighted by Gasteiger charge is 2.37. The maximum atomic E-state index is 14.1. The first-order chi connectivity index (χ1) is 17.9. The van der Waals surface area contributed by atoms with Crippen molar-refractivity contribution in [3.63, 3.8) is 0 Å². The van der Waals surface area contributed by atoms with E-state index in [1.165, 1.54) is 11.7 Å². The molecular weight excluding hydrogens is 490 g/mol. The molecule has 1 aromatic heterocycles. The fraction of sp³-hybridized carbons (Fsp3) is 0.214. The summed E-state index contributed by atoms with van der Waals surface area (Å²) in [5, 5.41) is 0. The van der Waals surface area contributed by atoms with E-state index >= 15 is 0 Å². The van der Waals surface area contributed by atoms with Crippen molar-refractivity contribution in [1.29, 1.82) is 0 Å². The van der Waals surface area contributed by atoms with Crippen molar-refractivity contribution in [2.24, 2.45) is 4.99 Å². The Bertz CT molecular complexity index is 1660.